The van der Waals surface area contributed by atoms with Crippen molar-refractivity contribution < 1.29 is 9.84 Å². The van der Waals surface area contributed by atoms with E-state index in [1.807, 2.05) is 0 Å². The number of ether oxygens (including phenoxy) is 1. The molecule has 3 rings (SSSR count). The van der Waals surface area contributed by atoms with Crippen LogP contribution in [0.3, 0.4) is 0 Å². The van der Waals surface area contributed by atoms with Crippen molar-refractivity contribution in [1.29, 1.82) is 0 Å². The number of nitrogens with zero attached hydrogens (tertiary/aromatic N) is 6. The summed E-state index contributed by atoms with van der Waals surface area (Å²) in [7, 11) is 0. The normalized spacial score (nSPS) is 25.1. The van der Waals surface area contributed by atoms with E-state index in [2.05, 4.69) is 25.0 Å². The molecule has 2 aromatic rings. The predicted molar refractivity (Wildman–Crippen MR) is 71.1 cm³/mol. The van der Waals surface area contributed by atoms with Gasteiger partial charge in [0, 0.05) is 11.3 Å². The van der Waals surface area contributed by atoms with E-state index in [-0.39, 0.29) is 23.7 Å². The van der Waals surface area contributed by atoms with E-state index in [9.17, 15) is 9.90 Å². The summed E-state index contributed by atoms with van der Waals surface area (Å²) in [6.45, 7) is -0.275. The van der Waals surface area contributed by atoms with Crippen LogP contribution in [-0.4, -0.2) is 43.4 Å². The Labute approximate surface area is 117 Å². The third-order valence-electron chi connectivity index (χ3n) is 3.34. The second-order valence-electron chi connectivity index (χ2n) is 4.59. The molecule has 0 aromatic carbocycles. The number of nitrogens with one attached hydrogen (secondary N) is 1. The van der Waals surface area contributed by atoms with Gasteiger partial charge >= 0.3 is 0 Å². The van der Waals surface area contributed by atoms with Crippen LogP contribution in [-0.2, 0) is 4.74 Å². The average Bonchev–Trinajstić information content (AvgIpc) is 3.02. The number of azide groups is 1. The zero-order chi connectivity index (χ0) is 15.0. The van der Waals surface area contributed by atoms with E-state index >= 15 is 0 Å². The molecule has 0 bridgehead atoms. The van der Waals surface area contributed by atoms with Crippen LogP contribution in [0.5, 0.6) is 0 Å². The van der Waals surface area contributed by atoms with Crippen LogP contribution >= 0.6 is 0 Å². The molecule has 0 spiro atoms. The molecule has 1 unspecified atom stereocenters. The van der Waals surface area contributed by atoms with Crippen molar-refractivity contribution in [3.63, 3.8) is 0 Å². The Morgan fingerprint density at radius 1 is 1.71 bits per heavy atom. The smallest absolute Gasteiger partial charge is 0.280 e. The number of aliphatic hydroxyl groups is 1. The monoisotopic (exact) mass is 292 g/mol. The van der Waals surface area contributed by atoms with Crippen molar-refractivity contribution in [3.8, 4) is 0 Å². The van der Waals surface area contributed by atoms with Crippen LogP contribution in [0.25, 0.3) is 21.6 Å². The quantitative estimate of drug-likeness (QED) is 0.397. The summed E-state index contributed by atoms with van der Waals surface area (Å²) in [5.74, 6) is -0.0300. The molecular weight excluding hydrogens is 280 g/mol. The number of nitrogens with two attached hydrogens (primary N) is 1. The Morgan fingerprint density at radius 2 is 2.52 bits per heavy atom. The number of nitrogen functional groups attached to an aromatic ring is 1. The molecule has 1 aliphatic heterocycles. The minimum atomic E-state index is -0.609. The van der Waals surface area contributed by atoms with E-state index in [0.717, 1.165) is 0 Å². The first kappa shape index (κ1) is 13.4. The van der Waals surface area contributed by atoms with Gasteiger partial charge < -0.3 is 15.6 Å². The summed E-state index contributed by atoms with van der Waals surface area (Å²) >= 11 is 0. The fourth-order valence-corrected chi connectivity index (χ4v) is 2.39. The molecule has 0 aliphatic carbocycles. The molecule has 110 valence electrons. The number of aromatic amines is 1. The maximum absolute atomic E-state index is 11.7. The van der Waals surface area contributed by atoms with Gasteiger partial charge in [-0.3, -0.25) is 14.3 Å². The van der Waals surface area contributed by atoms with E-state index in [4.69, 9.17) is 16.0 Å². The van der Waals surface area contributed by atoms with Gasteiger partial charge in [0.1, 0.15) is 6.23 Å². The number of hydrogen-bond acceptors (Lipinski definition) is 7. The van der Waals surface area contributed by atoms with Gasteiger partial charge in [0.25, 0.3) is 5.56 Å². The number of hydrogen-bond donors (Lipinski definition) is 3. The Bertz CT molecular complexity index is 776. The highest BCUT2D eigenvalue weighted by Crippen LogP contribution is 2.32. The first-order valence-electron chi connectivity index (χ1n) is 6.17. The first-order valence-corrected chi connectivity index (χ1v) is 6.17. The van der Waals surface area contributed by atoms with Crippen LogP contribution in [0.4, 0.5) is 5.95 Å². The minimum absolute atomic E-state index is 0.0300. The highest BCUT2D eigenvalue weighted by atomic mass is 16.5. The summed E-state index contributed by atoms with van der Waals surface area (Å²) < 4.78 is 7.16. The number of fused-ring (bicyclic) bond motifs is 1. The molecule has 21 heavy (non-hydrogen) atoms. The van der Waals surface area contributed by atoms with Gasteiger partial charge in [-0.2, -0.15) is 4.98 Å². The zero-order valence-electron chi connectivity index (χ0n) is 10.7. The third kappa shape index (κ3) is 2.18. The summed E-state index contributed by atoms with van der Waals surface area (Å²) in [5, 5.41) is 12.9. The zero-order valence-corrected chi connectivity index (χ0v) is 10.7. The number of rotatable bonds is 3. The SMILES string of the molecule is [N-]=[N+]=NC1C[C@H](n2cnc3c(=O)[nH]c(N)nc32)O[C@@H]1CO. The second kappa shape index (κ2) is 5.05. The molecule has 4 N–H and O–H groups in total. The first-order chi connectivity index (χ1) is 10.1. The number of H-pyrrole nitrogens is 1. The molecular formula is C10H12N8O3. The topological polar surface area (TPSA) is 168 Å². The Morgan fingerprint density at radius 3 is 3.24 bits per heavy atom. The van der Waals surface area contributed by atoms with Crippen molar-refractivity contribution in [2.24, 2.45) is 5.11 Å². The van der Waals surface area contributed by atoms with Crippen LogP contribution in [0.2, 0.25) is 0 Å². The van der Waals surface area contributed by atoms with Crippen molar-refractivity contribution in [3.05, 3.63) is 27.1 Å². The molecule has 3 heterocycles. The van der Waals surface area contributed by atoms with Crippen LogP contribution in [0, 0.1) is 0 Å². The van der Waals surface area contributed by atoms with E-state index in [1.165, 1.54) is 10.9 Å². The van der Waals surface area contributed by atoms with Crippen molar-refractivity contribution in [2.45, 2.75) is 24.8 Å². The van der Waals surface area contributed by atoms with Crippen molar-refractivity contribution >= 4 is 17.1 Å². The third-order valence-corrected chi connectivity index (χ3v) is 3.34. The van der Waals surface area contributed by atoms with Crippen LogP contribution < -0.4 is 11.3 Å². The van der Waals surface area contributed by atoms with Gasteiger partial charge in [0.2, 0.25) is 5.95 Å². The van der Waals surface area contributed by atoms with E-state index in [0.29, 0.717) is 6.42 Å². The minimum Gasteiger partial charge on any atom is -0.394 e. The fourth-order valence-electron chi connectivity index (χ4n) is 2.39. The van der Waals surface area contributed by atoms with Crippen LogP contribution in [0.1, 0.15) is 12.6 Å². The lowest BCUT2D eigenvalue weighted by Gasteiger charge is -2.13. The number of aromatic nitrogens is 4. The molecule has 1 aliphatic rings. The molecule has 1 saturated heterocycles. The van der Waals surface area contributed by atoms with Gasteiger partial charge in [-0.15, -0.1) is 0 Å². The lowest BCUT2D eigenvalue weighted by Crippen LogP contribution is -2.23. The molecule has 11 heteroatoms. The van der Waals surface area contributed by atoms with Gasteiger partial charge in [0.05, 0.1) is 25.1 Å². The van der Waals surface area contributed by atoms with Crippen molar-refractivity contribution in [1.82, 2.24) is 19.5 Å². The van der Waals surface area contributed by atoms with Gasteiger partial charge in [0.15, 0.2) is 11.2 Å². The maximum Gasteiger partial charge on any atom is 0.280 e. The molecule has 3 atom stereocenters. The van der Waals surface area contributed by atoms with Crippen LogP contribution in [0.15, 0.2) is 16.2 Å². The van der Waals surface area contributed by atoms with E-state index in [1.54, 1.807) is 0 Å². The molecule has 1 fully saturated rings. The number of imidazole rings is 1. The fraction of sp³-hybridized carbons (Fsp3) is 0.500. The lowest BCUT2D eigenvalue weighted by molar-refractivity contribution is -0.0232. The predicted octanol–water partition coefficient (Wildman–Crippen LogP) is -0.340. The highest BCUT2D eigenvalue weighted by molar-refractivity contribution is 5.70. The Balaban J connectivity index is 2.02. The standard InChI is InChI=1S/C10H12N8O3/c11-10-14-8-7(9(20)15-10)13-3-18(8)6-1-4(16-17-12)5(2-19)21-6/h3-6,19H,1-2H2,(H3,11,14,15,20)/t4?,5-,6-/m1/s1. The van der Waals surface area contributed by atoms with E-state index < -0.39 is 23.9 Å². The summed E-state index contributed by atoms with van der Waals surface area (Å²) in [5.41, 5.74) is 14.0. The average molecular weight is 292 g/mol. The van der Waals surface area contributed by atoms with Gasteiger partial charge in [-0.25, -0.2) is 4.98 Å². The van der Waals surface area contributed by atoms with Gasteiger partial charge in [-0.1, -0.05) is 5.11 Å². The maximum atomic E-state index is 11.7. The lowest BCUT2D eigenvalue weighted by atomic mass is 10.1. The second-order valence-corrected chi connectivity index (χ2v) is 4.59. The Kier molecular flexibility index (Phi) is 3.22. The summed E-state index contributed by atoms with van der Waals surface area (Å²) in [6, 6.07) is -0.498. The summed E-state index contributed by atoms with van der Waals surface area (Å²) in [4.78, 5) is 24.8. The molecule has 0 amide bonds. The highest BCUT2D eigenvalue weighted by Gasteiger charge is 2.36. The number of aliphatic hydroxyl groups excluding tert-OH is 1. The summed E-state index contributed by atoms with van der Waals surface area (Å²) in [6.07, 6.45) is 0.595. The molecule has 11 nitrogen and oxygen atoms in total. The van der Waals surface area contributed by atoms with Gasteiger partial charge in [-0.05, 0) is 5.53 Å². The number of anilines is 1. The largest absolute Gasteiger partial charge is 0.394 e. The van der Waals surface area contributed by atoms with Crippen molar-refractivity contribution in [2.75, 3.05) is 12.3 Å². The molecule has 0 radical (unpaired) electrons. The Hall–Kier alpha value is -2.62. The molecule has 2 aromatic heterocycles. The molecule has 0 saturated carbocycles.